The van der Waals surface area contributed by atoms with Gasteiger partial charge in [-0.3, -0.25) is 0 Å². The molecule has 0 bridgehead atoms. The molecule has 0 amide bonds. The first-order chi connectivity index (χ1) is 13.2. The van der Waals surface area contributed by atoms with E-state index in [4.69, 9.17) is 5.73 Å². The molecule has 0 aliphatic heterocycles. The molecule has 6 nitrogen and oxygen atoms in total. The summed E-state index contributed by atoms with van der Waals surface area (Å²) in [5.41, 5.74) is 13.8. The van der Waals surface area contributed by atoms with Crippen LogP contribution in [0.25, 0.3) is 16.7 Å². The lowest BCUT2D eigenvalue weighted by molar-refractivity contribution is 1.09. The van der Waals surface area contributed by atoms with Crippen molar-refractivity contribution in [1.29, 1.82) is 0 Å². The van der Waals surface area contributed by atoms with Gasteiger partial charge in [-0.05, 0) is 44.3 Å². The van der Waals surface area contributed by atoms with Crippen molar-refractivity contribution in [3.05, 3.63) is 79.1 Å². The van der Waals surface area contributed by atoms with Crippen LogP contribution < -0.4 is 11.5 Å². The van der Waals surface area contributed by atoms with E-state index >= 15 is 0 Å². The first-order valence-electron chi connectivity index (χ1n) is 8.81. The van der Waals surface area contributed by atoms with Gasteiger partial charge in [-0.15, -0.1) is 0 Å². The zero-order valence-electron chi connectivity index (χ0n) is 16.4. The monoisotopic (exact) mass is 364 g/mol. The van der Waals surface area contributed by atoms with Gasteiger partial charge in [0.05, 0.1) is 18.1 Å². The van der Waals surface area contributed by atoms with E-state index in [0.717, 1.165) is 11.3 Å². The Hall–Kier alpha value is -3.25. The van der Waals surface area contributed by atoms with Crippen molar-refractivity contribution in [1.82, 2.24) is 19.5 Å². The summed E-state index contributed by atoms with van der Waals surface area (Å²) in [5, 5.41) is 1.17. The standard InChI is InChI=1S/C14H12N2.C4H5N3.C2H6.CH5N/c1-11-4-6-13(7-5-11)16-10-8-12-3-2-9-15-14(12)16;5-4-1-6-3-7-2-4;2*1-2/h2-10H,1H3;1-3H,5H2;1-2H3;2H2,1H3. The molecule has 3 heterocycles. The number of hydrogen-bond donors (Lipinski definition) is 2. The maximum Gasteiger partial charge on any atom is 0.144 e. The fourth-order valence-electron chi connectivity index (χ4n) is 2.19. The number of nitrogens with two attached hydrogens (primary N) is 2. The fraction of sp³-hybridized carbons (Fsp3) is 0.190. The van der Waals surface area contributed by atoms with Crippen molar-refractivity contribution >= 4 is 16.7 Å². The Kier molecular flexibility index (Phi) is 9.81. The van der Waals surface area contributed by atoms with Gasteiger partial charge in [0, 0.05) is 23.5 Å². The molecule has 0 fully saturated rings. The number of anilines is 1. The van der Waals surface area contributed by atoms with Crippen LogP contribution in [0.1, 0.15) is 19.4 Å². The highest BCUT2D eigenvalue weighted by Crippen LogP contribution is 2.18. The second-order valence-corrected chi connectivity index (χ2v) is 5.11. The number of rotatable bonds is 1. The third-order valence-electron chi connectivity index (χ3n) is 3.34. The maximum absolute atomic E-state index is 5.23. The van der Waals surface area contributed by atoms with Crippen LogP contribution in [0.15, 0.2) is 73.6 Å². The number of aryl methyl sites for hydroxylation is 1. The molecule has 27 heavy (non-hydrogen) atoms. The molecule has 4 N–H and O–H groups in total. The highest BCUT2D eigenvalue weighted by Gasteiger charge is 2.02. The van der Waals surface area contributed by atoms with E-state index in [-0.39, 0.29) is 0 Å². The molecule has 4 aromatic rings. The largest absolute Gasteiger partial charge is 0.396 e. The Balaban J connectivity index is 0.000000279. The molecule has 0 atom stereocenters. The Morgan fingerprint density at radius 1 is 0.889 bits per heavy atom. The summed E-state index contributed by atoms with van der Waals surface area (Å²) in [6.07, 6.45) is 8.42. The molecule has 0 unspecified atom stereocenters. The van der Waals surface area contributed by atoms with Crippen LogP contribution in [-0.4, -0.2) is 26.6 Å². The smallest absolute Gasteiger partial charge is 0.144 e. The van der Waals surface area contributed by atoms with Gasteiger partial charge in [-0.1, -0.05) is 31.5 Å². The van der Waals surface area contributed by atoms with Gasteiger partial charge in [0.1, 0.15) is 12.0 Å². The van der Waals surface area contributed by atoms with Crippen LogP contribution in [0.5, 0.6) is 0 Å². The summed E-state index contributed by atoms with van der Waals surface area (Å²) in [4.78, 5) is 11.7. The van der Waals surface area contributed by atoms with Gasteiger partial charge < -0.3 is 16.0 Å². The lowest BCUT2D eigenvalue weighted by Crippen LogP contribution is -1.92. The van der Waals surface area contributed by atoms with E-state index in [9.17, 15) is 0 Å². The molecule has 0 radical (unpaired) electrons. The molecular weight excluding hydrogens is 336 g/mol. The minimum Gasteiger partial charge on any atom is -0.396 e. The Morgan fingerprint density at radius 3 is 2.07 bits per heavy atom. The van der Waals surface area contributed by atoms with E-state index in [0.29, 0.717) is 5.69 Å². The summed E-state index contributed by atoms with van der Waals surface area (Å²) in [6, 6.07) is 14.6. The number of nitrogen functional groups attached to an aromatic ring is 1. The number of fused-ring (bicyclic) bond motifs is 1. The number of hydrogen-bond acceptors (Lipinski definition) is 5. The minimum absolute atomic E-state index is 0.600. The lowest BCUT2D eigenvalue weighted by Gasteiger charge is -2.04. The minimum atomic E-state index is 0.600. The Labute approximate surface area is 160 Å². The molecule has 0 aliphatic carbocycles. The summed E-state index contributed by atoms with van der Waals surface area (Å²) in [5.74, 6) is 0. The summed E-state index contributed by atoms with van der Waals surface area (Å²) < 4.78 is 2.11. The third kappa shape index (κ3) is 6.52. The van der Waals surface area contributed by atoms with Crippen molar-refractivity contribution in [2.45, 2.75) is 20.8 Å². The van der Waals surface area contributed by atoms with Crippen LogP contribution in [0.2, 0.25) is 0 Å². The van der Waals surface area contributed by atoms with Gasteiger partial charge in [0.25, 0.3) is 0 Å². The molecule has 4 rings (SSSR count). The number of pyridine rings is 1. The van der Waals surface area contributed by atoms with E-state index < -0.39 is 0 Å². The topological polar surface area (TPSA) is 95.6 Å². The van der Waals surface area contributed by atoms with E-state index in [1.54, 1.807) is 12.4 Å². The average molecular weight is 364 g/mol. The summed E-state index contributed by atoms with van der Waals surface area (Å²) >= 11 is 0. The quantitative estimate of drug-likeness (QED) is 0.532. The van der Waals surface area contributed by atoms with Crippen molar-refractivity contribution < 1.29 is 0 Å². The molecule has 0 aliphatic rings. The zero-order valence-corrected chi connectivity index (χ0v) is 16.4. The average Bonchev–Trinajstić information content (AvgIpc) is 3.17. The van der Waals surface area contributed by atoms with Crippen molar-refractivity contribution in [3.63, 3.8) is 0 Å². The highest BCUT2D eigenvalue weighted by molar-refractivity contribution is 5.77. The first kappa shape index (κ1) is 21.8. The fourth-order valence-corrected chi connectivity index (χ4v) is 2.19. The molecule has 6 heteroatoms. The van der Waals surface area contributed by atoms with E-state index in [2.05, 4.69) is 74.8 Å². The Morgan fingerprint density at radius 2 is 1.52 bits per heavy atom. The highest BCUT2D eigenvalue weighted by atomic mass is 15.0. The maximum atomic E-state index is 5.23. The van der Waals surface area contributed by atoms with E-state index in [1.807, 2.05) is 26.1 Å². The second-order valence-electron chi connectivity index (χ2n) is 5.11. The molecule has 1 aromatic carbocycles. The molecular formula is C21H28N6. The predicted molar refractivity (Wildman–Crippen MR) is 114 cm³/mol. The summed E-state index contributed by atoms with van der Waals surface area (Å²) in [6.45, 7) is 6.09. The predicted octanol–water partition coefficient (Wildman–Crippen LogP) is 3.99. The number of benzene rings is 1. The first-order valence-corrected chi connectivity index (χ1v) is 8.81. The number of nitrogens with zero attached hydrogens (tertiary/aromatic N) is 4. The Bertz CT molecular complexity index is 885. The zero-order chi connectivity index (χ0) is 20.1. The van der Waals surface area contributed by atoms with Gasteiger partial charge in [0.2, 0.25) is 0 Å². The van der Waals surface area contributed by atoms with Crippen LogP contribution >= 0.6 is 0 Å². The van der Waals surface area contributed by atoms with Gasteiger partial charge >= 0.3 is 0 Å². The molecule has 0 spiro atoms. The second kappa shape index (κ2) is 12.2. The van der Waals surface area contributed by atoms with Gasteiger partial charge in [-0.25, -0.2) is 15.0 Å². The molecule has 3 aromatic heterocycles. The SMILES string of the molecule is CC.CN.Cc1ccc(-n2ccc3cccnc32)cc1.Nc1cncnc1. The number of aromatic nitrogens is 4. The van der Waals surface area contributed by atoms with Gasteiger partial charge in [0.15, 0.2) is 0 Å². The van der Waals surface area contributed by atoms with Crippen molar-refractivity contribution in [3.8, 4) is 5.69 Å². The van der Waals surface area contributed by atoms with Crippen LogP contribution in [-0.2, 0) is 0 Å². The third-order valence-corrected chi connectivity index (χ3v) is 3.34. The van der Waals surface area contributed by atoms with Crippen LogP contribution in [0, 0.1) is 6.92 Å². The molecule has 142 valence electrons. The van der Waals surface area contributed by atoms with Crippen LogP contribution in [0.4, 0.5) is 5.69 Å². The van der Waals surface area contributed by atoms with Crippen molar-refractivity contribution in [2.75, 3.05) is 12.8 Å². The van der Waals surface area contributed by atoms with Gasteiger partial charge in [-0.2, -0.15) is 0 Å². The summed E-state index contributed by atoms with van der Waals surface area (Å²) in [7, 11) is 1.50. The van der Waals surface area contributed by atoms with Crippen LogP contribution in [0.3, 0.4) is 0 Å². The normalized spacial score (nSPS) is 9.07. The van der Waals surface area contributed by atoms with E-state index in [1.165, 1.54) is 24.3 Å². The molecule has 0 saturated carbocycles. The van der Waals surface area contributed by atoms with Crippen molar-refractivity contribution in [2.24, 2.45) is 5.73 Å². The molecule has 0 saturated heterocycles. The lowest BCUT2D eigenvalue weighted by atomic mass is 10.2.